The molecule has 2 nitrogen and oxygen atoms in total. The van der Waals surface area contributed by atoms with E-state index in [0.717, 1.165) is 32.4 Å². The van der Waals surface area contributed by atoms with Crippen molar-refractivity contribution in [2.75, 3.05) is 26.3 Å². The molecule has 0 aromatic carbocycles. The molecule has 0 bridgehead atoms. The predicted octanol–water partition coefficient (Wildman–Crippen LogP) is 2.05. The molecule has 0 radical (unpaired) electrons. The van der Waals surface area contributed by atoms with Gasteiger partial charge in [0.25, 0.3) is 6.43 Å². The van der Waals surface area contributed by atoms with Gasteiger partial charge in [0.2, 0.25) is 0 Å². The van der Waals surface area contributed by atoms with Crippen LogP contribution < -0.4 is 5.32 Å². The molecule has 0 aliphatic carbocycles. The Labute approximate surface area is 78.7 Å². The van der Waals surface area contributed by atoms with Crippen molar-refractivity contribution >= 4 is 0 Å². The second-order valence-electron chi connectivity index (χ2n) is 2.88. The van der Waals surface area contributed by atoms with E-state index in [1.165, 1.54) is 0 Å². The summed E-state index contributed by atoms with van der Waals surface area (Å²) in [7, 11) is 0. The van der Waals surface area contributed by atoms with Crippen LogP contribution in [0.25, 0.3) is 0 Å². The van der Waals surface area contributed by atoms with Gasteiger partial charge < -0.3 is 10.1 Å². The normalized spacial score (nSPS) is 11.1. The minimum atomic E-state index is -2.33. The molecule has 0 fully saturated rings. The quantitative estimate of drug-likeness (QED) is 0.568. The first-order valence-corrected chi connectivity index (χ1v) is 4.84. The molecule has 0 saturated heterocycles. The molecule has 0 aliphatic heterocycles. The van der Waals surface area contributed by atoms with Gasteiger partial charge in [-0.1, -0.05) is 6.92 Å². The van der Waals surface area contributed by atoms with Gasteiger partial charge >= 0.3 is 0 Å². The van der Waals surface area contributed by atoms with Crippen molar-refractivity contribution in [2.24, 2.45) is 0 Å². The third-order valence-electron chi connectivity index (χ3n) is 1.64. The molecule has 0 saturated carbocycles. The highest BCUT2D eigenvalue weighted by atomic mass is 19.3. The second kappa shape index (κ2) is 9.86. The first-order chi connectivity index (χ1) is 6.27. The van der Waals surface area contributed by atoms with E-state index in [1.807, 2.05) is 0 Å². The summed E-state index contributed by atoms with van der Waals surface area (Å²) >= 11 is 0. The van der Waals surface area contributed by atoms with Gasteiger partial charge in [-0.15, -0.1) is 0 Å². The highest BCUT2D eigenvalue weighted by Gasteiger charge is 2.00. The highest BCUT2D eigenvalue weighted by molar-refractivity contribution is 4.46. The lowest BCUT2D eigenvalue weighted by atomic mass is 10.2. The zero-order valence-electron chi connectivity index (χ0n) is 8.19. The molecule has 0 atom stereocenters. The van der Waals surface area contributed by atoms with Gasteiger partial charge in [0.1, 0.15) is 6.61 Å². The van der Waals surface area contributed by atoms with Gasteiger partial charge in [-0.05, 0) is 32.4 Å². The first-order valence-electron chi connectivity index (χ1n) is 4.84. The molecule has 80 valence electrons. The molecule has 0 spiro atoms. The Morgan fingerprint density at radius 1 is 1.23 bits per heavy atom. The maximum atomic E-state index is 11.6. The second-order valence-corrected chi connectivity index (χ2v) is 2.88. The molecule has 0 heterocycles. The van der Waals surface area contributed by atoms with E-state index in [4.69, 9.17) is 4.74 Å². The number of hydrogen-bond acceptors (Lipinski definition) is 2. The monoisotopic (exact) mass is 195 g/mol. The zero-order valence-corrected chi connectivity index (χ0v) is 8.19. The van der Waals surface area contributed by atoms with Gasteiger partial charge in [-0.3, -0.25) is 0 Å². The summed E-state index contributed by atoms with van der Waals surface area (Å²) in [6, 6.07) is 0. The molecular weight excluding hydrogens is 176 g/mol. The van der Waals surface area contributed by atoms with E-state index in [1.54, 1.807) is 0 Å². The van der Waals surface area contributed by atoms with E-state index in [0.29, 0.717) is 6.61 Å². The molecule has 0 unspecified atom stereocenters. The molecule has 0 aromatic heterocycles. The number of hydrogen-bond donors (Lipinski definition) is 1. The Hall–Kier alpha value is -0.220. The lowest BCUT2D eigenvalue weighted by molar-refractivity contribution is 0.0162. The summed E-state index contributed by atoms with van der Waals surface area (Å²) in [6.45, 7) is 4.09. The summed E-state index contributed by atoms with van der Waals surface area (Å²) in [4.78, 5) is 0. The average Bonchev–Trinajstić information content (AvgIpc) is 2.09. The molecule has 0 aliphatic rings. The molecule has 13 heavy (non-hydrogen) atoms. The lowest BCUT2D eigenvalue weighted by Gasteiger charge is -2.03. The van der Waals surface area contributed by atoms with Gasteiger partial charge in [0.05, 0.1) is 0 Å². The van der Waals surface area contributed by atoms with Crippen molar-refractivity contribution in [2.45, 2.75) is 32.6 Å². The predicted molar refractivity (Wildman–Crippen MR) is 49.2 cm³/mol. The van der Waals surface area contributed by atoms with Crippen LogP contribution in [-0.4, -0.2) is 32.7 Å². The molecule has 0 amide bonds. The maximum absolute atomic E-state index is 11.6. The van der Waals surface area contributed by atoms with Gasteiger partial charge in [-0.2, -0.15) is 0 Å². The number of nitrogens with one attached hydrogen (secondary N) is 1. The number of rotatable bonds is 9. The van der Waals surface area contributed by atoms with Gasteiger partial charge in [0, 0.05) is 6.61 Å². The largest absolute Gasteiger partial charge is 0.376 e. The van der Waals surface area contributed by atoms with Crippen molar-refractivity contribution in [3.05, 3.63) is 0 Å². The fourth-order valence-electron chi connectivity index (χ4n) is 0.980. The van der Waals surface area contributed by atoms with Crippen LogP contribution in [0.3, 0.4) is 0 Å². The molecule has 4 heteroatoms. The lowest BCUT2D eigenvalue weighted by Crippen LogP contribution is -2.14. The average molecular weight is 195 g/mol. The zero-order chi connectivity index (χ0) is 9.94. The van der Waals surface area contributed by atoms with Crippen molar-refractivity contribution in [1.29, 1.82) is 0 Å². The van der Waals surface area contributed by atoms with Gasteiger partial charge in [-0.25, -0.2) is 8.78 Å². The van der Waals surface area contributed by atoms with Crippen LogP contribution in [0.5, 0.6) is 0 Å². The summed E-state index contributed by atoms with van der Waals surface area (Å²) in [5.41, 5.74) is 0. The molecular formula is C9H19F2NO. The molecule has 0 rings (SSSR count). The fraction of sp³-hybridized carbons (Fsp3) is 1.00. The number of halogens is 2. The van der Waals surface area contributed by atoms with Crippen LogP contribution in [0.1, 0.15) is 26.2 Å². The van der Waals surface area contributed by atoms with Gasteiger partial charge in [0.15, 0.2) is 0 Å². The molecule has 1 N–H and O–H groups in total. The van der Waals surface area contributed by atoms with Crippen molar-refractivity contribution in [3.8, 4) is 0 Å². The summed E-state index contributed by atoms with van der Waals surface area (Å²) < 4.78 is 27.9. The first kappa shape index (κ1) is 12.8. The number of alkyl halides is 2. The van der Waals surface area contributed by atoms with Crippen LogP contribution in [0.4, 0.5) is 8.78 Å². The van der Waals surface area contributed by atoms with E-state index >= 15 is 0 Å². The smallest absolute Gasteiger partial charge is 0.261 e. The minimum absolute atomic E-state index is 0.423. The van der Waals surface area contributed by atoms with Crippen LogP contribution in [0, 0.1) is 0 Å². The fourth-order valence-corrected chi connectivity index (χ4v) is 0.980. The highest BCUT2D eigenvalue weighted by Crippen LogP contribution is 1.97. The Balaban J connectivity index is 2.84. The van der Waals surface area contributed by atoms with Crippen LogP contribution in [-0.2, 0) is 4.74 Å². The van der Waals surface area contributed by atoms with Crippen LogP contribution >= 0.6 is 0 Å². The van der Waals surface area contributed by atoms with Crippen LogP contribution in [0.15, 0.2) is 0 Å². The van der Waals surface area contributed by atoms with E-state index in [2.05, 4.69) is 12.2 Å². The topological polar surface area (TPSA) is 21.3 Å². The minimum Gasteiger partial charge on any atom is -0.376 e. The Kier molecular flexibility index (Phi) is 9.70. The summed E-state index contributed by atoms with van der Waals surface area (Å²) in [5, 5.41) is 3.20. The third kappa shape index (κ3) is 11.8. The van der Waals surface area contributed by atoms with Crippen LogP contribution in [0.2, 0.25) is 0 Å². The van der Waals surface area contributed by atoms with Crippen molar-refractivity contribution < 1.29 is 13.5 Å². The van der Waals surface area contributed by atoms with E-state index in [-0.39, 0.29) is 0 Å². The number of ether oxygens (including phenoxy) is 1. The third-order valence-corrected chi connectivity index (χ3v) is 1.64. The summed E-state index contributed by atoms with van der Waals surface area (Å²) in [6.07, 6.45) is 0.669. The maximum Gasteiger partial charge on any atom is 0.261 e. The number of unbranched alkanes of at least 4 members (excludes halogenated alkanes) is 2. The summed E-state index contributed by atoms with van der Waals surface area (Å²) in [5.74, 6) is 0. The Morgan fingerprint density at radius 2 is 2.00 bits per heavy atom. The van der Waals surface area contributed by atoms with E-state index < -0.39 is 13.0 Å². The van der Waals surface area contributed by atoms with Crippen molar-refractivity contribution in [1.82, 2.24) is 5.32 Å². The van der Waals surface area contributed by atoms with Crippen molar-refractivity contribution in [3.63, 3.8) is 0 Å². The van der Waals surface area contributed by atoms with E-state index in [9.17, 15) is 8.78 Å². The Bertz CT molecular complexity index is 102. The molecule has 0 aromatic rings. The standard InChI is InChI=1S/C9H19F2NO/c1-2-12-6-4-3-5-7-13-8-9(10)11/h9,12H,2-8H2,1H3. The Morgan fingerprint density at radius 3 is 2.62 bits per heavy atom. The SMILES string of the molecule is CCNCCCCCOCC(F)F.